The normalized spacial score (nSPS) is 11.2. The van der Waals surface area contributed by atoms with E-state index in [2.05, 4.69) is 16.0 Å². The number of nitro benzene ring substituents is 1. The zero-order valence-corrected chi connectivity index (χ0v) is 15.1. The van der Waals surface area contributed by atoms with E-state index in [1.807, 2.05) is 0 Å². The lowest BCUT2D eigenvalue weighted by molar-refractivity contribution is -0.384. The van der Waals surface area contributed by atoms with Gasteiger partial charge < -0.3 is 20.7 Å². The van der Waals surface area contributed by atoms with E-state index in [4.69, 9.17) is 4.74 Å². The van der Waals surface area contributed by atoms with Crippen molar-refractivity contribution in [3.8, 4) is 5.75 Å². The van der Waals surface area contributed by atoms with Crippen LogP contribution in [-0.2, 0) is 9.59 Å². The number of non-ortho nitro benzene ring substituents is 1. The molecule has 1 atom stereocenters. The van der Waals surface area contributed by atoms with Gasteiger partial charge in [0.15, 0.2) is 0 Å². The van der Waals surface area contributed by atoms with Gasteiger partial charge in [0.2, 0.25) is 11.8 Å². The van der Waals surface area contributed by atoms with E-state index in [0.29, 0.717) is 17.1 Å². The molecule has 142 valence electrons. The Morgan fingerprint density at radius 3 is 2.26 bits per heavy atom. The number of hydrogen-bond acceptors (Lipinski definition) is 6. The number of nitrogens with one attached hydrogen (secondary N) is 3. The summed E-state index contributed by atoms with van der Waals surface area (Å²) < 4.78 is 5.11. The quantitative estimate of drug-likeness (QED) is 0.507. The molecule has 0 unspecified atom stereocenters. The second kappa shape index (κ2) is 8.65. The SMILES string of the molecule is COc1cc([N+](=O)[O-])ccc1NC(=O)[C@@H](C)Nc1ccc(NC(C)=O)cc1. The Morgan fingerprint density at radius 1 is 1.07 bits per heavy atom. The van der Waals surface area contributed by atoms with E-state index < -0.39 is 11.0 Å². The number of carbonyl (C=O) groups excluding carboxylic acids is 2. The maximum Gasteiger partial charge on any atom is 0.273 e. The first-order valence-corrected chi connectivity index (χ1v) is 8.07. The fourth-order valence-corrected chi connectivity index (χ4v) is 2.31. The molecule has 2 aromatic rings. The van der Waals surface area contributed by atoms with Gasteiger partial charge in [0, 0.05) is 24.4 Å². The second-order valence-electron chi connectivity index (χ2n) is 5.76. The summed E-state index contributed by atoms with van der Waals surface area (Å²) in [6.07, 6.45) is 0. The van der Waals surface area contributed by atoms with E-state index in [0.717, 1.165) is 0 Å². The lowest BCUT2D eigenvalue weighted by Gasteiger charge is -2.17. The van der Waals surface area contributed by atoms with Crippen molar-refractivity contribution in [1.29, 1.82) is 0 Å². The first-order chi connectivity index (χ1) is 12.8. The monoisotopic (exact) mass is 372 g/mol. The number of rotatable bonds is 7. The van der Waals surface area contributed by atoms with E-state index in [-0.39, 0.29) is 23.3 Å². The number of benzene rings is 2. The van der Waals surface area contributed by atoms with Gasteiger partial charge in [-0.05, 0) is 37.3 Å². The maximum atomic E-state index is 12.4. The van der Waals surface area contributed by atoms with Crippen molar-refractivity contribution in [3.63, 3.8) is 0 Å². The molecule has 2 aromatic carbocycles. The molecule has 0 radical (unpaired) electrons. The number of anilines is 3. The third-order valence-corrected chi connectivity index (χ3v) is 3.64. The second-order valence-corrected chi connectivity index (χ2v) is 5.76. The Morgan fingerprint density at radius 2 is 1.70 bits per heavy atom. The van der Waals surface area contributed by atoms with Crippen LogP contribution in [0.2, 0.25) is 0 Å². The zero-order chi connectivity index (χ0) is 20.0. The molecule has 0 saturated carbocycles. The third-order valence-electron chi connectivity index (χ3n) is 3.64. The Hall–Kier alpha value is -3.62. The van der Waals surface area contributed by atoms with Crippen molar-refractivity contribution in [1.82, 2.24) is 0 Å². The van der Waals surface area contributed by atoms with Crippen molar-refractivity contribution >= 4 is 34.6 Å². The van der Waals surface area contributed by atoms with Crippen molar-refractivity contribution < 1.29 is 19.2 Å². The molecule has 9 nitrogen and oxygen atoms in total. The molecule has 0 saturated heterocycles. The Labute approximate surface area is 155 Å². The summed E-state index contributed by atoms with van der Waals surface area (Å²) in [4.78, 5) is 33.7. The van der Waals surface area contributed by atoms with Gasteiger partial charge in [-0.3, -0.25) is 19.7 Å². The standard InChI is InChI=1S/C18H20N4O5/c1-11(19-13-4-6-14(7-5-13)20-12(2)23)18(24)21-16-9-8-15(22(25)26)10-17(16)27-3/h4-11,19H,1-3H3,(H,20,23)(H,21,24)/t11-/m1/s1. The fraction of sp³-hybridized carbons (Fsp3) is 0.222. The zero-order valence-electron chi connectivity index (χ0n) is 15.1. The van der Waals surface area contributed by atoms with Gasteiger partial charge in [0.1, 0.15) is 11.8 Å². The number of nitrogens with zero attached hydrogens (tertiary/aromatic N) is 1. The molecule has 0 aromatic heterocycles. The molecule has 0 bridgehead atoms. The highest BCUT2D eigenvalue weighted by atomic mass is 16.6. The smallest absolute Gasteiger partial charge is 0.273 e. The number of carbonyl (C=O) groups is 2. The molecule has 27 heavy (non-hydrogen) atoms. The predicted octanol–water partition coefficient (Wildman–Crippen LogP) is 3.00. The summed E-state index contributed by atoms with van der Waals surface area (Å²) in [6, 6.07) is 10.3. The van der Waals surface area contributed by atoms with Gasteiger partial charge >= 0.3 is 0 Å². The average Bonchev–Trinajstić information content (AvgIpc) is 2.62. The lowest BCUT2D eigenvalue weighted by atomic mass is 10.2. The number of nitro groups is 1. The van der Waals surface area contributed by atoms with Gasteiger partial charge in [0.25, 0.3) is 5.69 Å². The third kappa shape index (κ3) is 5.43. The lowest BCUT2D eigenvalue weighted by Crippen LogP contribution is -2.32. The number of hydrogen-bond donors (Lipinski definition) is 3. The van der Waals surface area contributed by atoms with Crippen LogP contribution in [0.5, 0.6) is 5.75 Å². The predicted molar refractivity (Wildman–Crippen MR) is 102 cm³/mol. The molecule has 0 spiro atoms. The molecule has 2 rings (SSSR count). The van der Waals surface area contributed by atoms with Gasteiger partial charge in [0.05, 0.1) is 23.8 Å². The topological polar surface area (TPSA) is 123 Å². The molecule has 0 aliphatic heterocycles. The van der Waals surface area contributed by atoms with Gasteiger partial charge in [-0.25, -0.2) is 0 Å². The van der Waals surface area contributed by atoms with Crippen LogP contribution in [0.25, 0.3) is 0 Å². The summed E-state index contributed by atoms with van der Waals surface area (Å²) in [5.41, 5.74) is 1.56. The molecule has 3 N–H and O–H groups in total. The van der Waals surface area contributed by atoms with Crippen molar-refractivity contribution in [2.75, 3.05) is 23.1 Å². The van der Waals surface area contributed by atoms with E-state index in [1.54, 1.807) is 31.2 Å². The Bertz CT molecular complexity index is 851. The number of amides is 2. The maximum absolute atomic E-state index is 12.4. The summed E-state index contributed by atoms with van der Waals surface area (Å²) in [5, 5.41) is 19.2. The van der Waals surface area contributed by atoms with Gasteiger partial charge in [-0.1, -0.05) is 0 Å². The van der Waals surface area contributed by atoms with Gasteiger partial charge in [-0.15, -0.1) is 0 Å². The molecule has 9 heteroatoms. The van der Waals surface area contributed by atoms with E-state index in [9.17, 15) is 19.7 Å². The minimum Gasteiger partial charge on any atom is -0.494 e. The van der Waals surface area contributed by atoms with Crippen LogP contribution in [0.15, 0.2) is 42.5 Å². The Kier molecular flexibility index (Phi) is 6.32. The van der Waals surface area contributed by atoms with Crippen LogP contribution < -0.4 is 20.7 Å². The van der Waals surface area contributed by atoms with Crippen LogP contribution in [0.3, 0.4) is 0 Å². The van der Waals surface area contributed by atoms with Crippen molar-refractivity contribution in [3.05, 3.63) is 52.6 Å². The minimum absolute atomic E-state index is 0.129. The molecule has 2 amide bonds. The van der Waals surface area contributed by atoms with Gasteiger partial charge in [-0.2, -0.15) is 0 Å². The summed E-state index contributed by atoms with van der Waals surface area (Å²) >= 11 is 0. The molecule has 0 heterocycles. The minimum atomic E-state index is -0.587. The van der Waals surface area contributed by atoms with E-state index in [1.165, 1.54) is 32.2 Å². The van der Waals surface area contributed by atoms with Crippen molar-refractivity contribution in [2.24, 2.45) is 0 Å². The van der Waals surface area contributed by atoms with Crippen LogP contribution in [0.1, 0.15) is 13.8 Å². The summed E-state index contributed by atoms with van der Waals surface area (Å²) in [7, 11) is 1.37. The first-order valence-electron chi connectivity index (χ1n) is 8.07. The highest BCUT2D eigenvalue weighted by Crippen LogP contribution is 2.29. The molecule has 0 aliphatic rings. The number of methoxy groups -OCH3 is 1. The fourth-order valence-electron chi connectivity index (χ4n) is 2.31. The van der Waals surface area contributed by atoms with Crippen LogP contribution >= 0.6 is 0 Å². The van der Waals surface area contributed by atoms with E-state index >= 15 is 0 Å². The van der Waals surface area contributed by atoms with Crippen LogP contribution in [0, 0.1) is 10.1 Å². The number of ether oxygens (including phenoxy) is 1. The summed E-state index contributed by atoms with van der Waals surface area (Å²) in [5.74, 6) is -0.307. The molecular weight excluding hydrogens is 352 g/mol. The van der Waals surface area contributed by atoms with Crippen LogP contribution in [-0.4, -0.2) is 29.9 Å². The Balaban J connectivity index is 2.03. The molecule has 0 aliphatic carbocycles. The highest BCUT2D eigenvalue weighted by molar-refractivity contribution is 5.97. The average molecular weight is 372 g/mol. The molecule has 0 fully saturated rings. The van der Waals surface area contributed by atoms with Crippen LogP contribution in [0.4, 0.5) is 22.7 Å². The first kappa shape index (κ1) is 19.7. The molecular formula is C18H20N4O5. The highest BCUT2D eigenvalue weighted by Gasteiger charge is 2.17. The summed E-state index contributed by atoms with van der Waals surface area (Å²) in [6.45, 7) is 3.10. The largest absolute Gasteiger partial charge is 0.494 e. The van der Waals surface area contributed by atoms with Crippen molar-refractivity contribution in [2.45, 2.75) is 19.9 Å².